The zero-order valence-electron chi connectivity index (χ0n) is 19.1. The predicted octanol–water partition coefficient (Wildman–Crippen LogP) is 6.04. The van der Waals surface area contributed by atoms with Gasteiger partial charge in [-0.3, -0.25) is 9.59 Å². The highest BCUT2D eigenvalue weighted by molar-refractivity contribution is 7.99. The first-order valence-corrected chi connectivity index (χ1v) is 12.3. The SMILES string of the molecule is O=C(Nc1ccccc1C(=O)NCc1ccccc1)c1ccc(OCCSc2ccccc2)cc1. The summed E-state index contributed by atoms with van der Waals surface area (Å²) in [5.74, 6) is 0.993. The molecule has 0 aliphatic rings. The standard InChI is InChI=1S/C29H26N2O3S/c32-28(23-15-17-24(18-16-23)34-19-20-35-25-11-5-2-6-12-25)31-27-14-8-7-13-26(27)29(33)30-21-22-9-3-1-4-10-22/h1-18H,19-21H2,(H,30,33)(H,31,32). The van der Waals surface area contributed by atoms with Crippen LogP contribution in [0.3, 0.4) is 0 Å². The molecule has 0 heterocycles. The average Bonchev–Trinajstić information content (AvgIpc) is 2.91. The Bertz CT molecular complexity index is 1250. The Morgan fingerprint density at radius 3 is 2.11 bits per heavy atom. The molecule has 2 N–H and O–H groups in total. The van der Waals surface area contributed by atoms with Crippen LogP contribution in [0.25, 0.3) is 0 Å². The number of carbonyl (C=O) groups excluding carboxylic acids is 2. The van der Waals surface area contributed by atoms with Crippen LogP contribution < -0.4 is 15.4 Å². The van der Waals surface area contributed by atoms with E-state index in [2.05, 4.69) is 22.8 Å². The van der Waals surface area contributed by atoms with Gasteiger partial charge in [0.05, 0.1) is 17.9 Å². The molecule has 0 saturated heterocycles. The summed E-state index contributed by atoms with van der Waals surface area (Å²) in [6.07, 6.45) is 0. The van der Waals surface area contributed by atoms with E-state index < -0.39 is 0 Å². The lowest BCUT2D eigenvalue weighted by Crippen LogP contribution is -2.24. The number of ether oxygens (including phenoxy) is 1. The number of para-hydroxylation sites is 1. The third kappa shape index (κ3) is 7.22. The van der Waals surface area contributed by atoms with Gasteiger partial charge in [0.2, 0.25) is 0 Å². The third-order valence-electron chi connectivity index (χ3n) is 5.20. The van der Waals surface area contributed by atoms with Crippen LogP contribution in [0.15, 0.2) is 114 Å². The number of hydrogen-bond acceptors (Lipinski definition) is 4. The van der Waals surface area contributed by atoms with Gasteiger partial charge >= 0.3 is 0 Å². The molecule has 35 heavy (non-hydrogen) atoms. The smallest absolute Gasteiger partial charge is 0.255 e. The first-order chi connectivity index (χ1) is 17.2. The van der Waals surface area contributed by atoms with Gasteiger partial charge in [-0.1, -0.05) is 60.7 Å². The lowest BCUT2D eigenvalue weighted by Gasteiger charge is -2.12. The highest BCUT2D eigenvalue weighted by atomic mass is 32.2. The minimum absolute atomic E-state index is 0.248. The molecule has 6 heteroatoms. The van der Waals surface area contributed by atoms with Crippen molar-refractivity contribution in [1.29, 1.82) is 0 Å². The quantitative estimate of drug-likeness (QED) is 0.214. The molecule has 176 valence electrons. The summed E-state index contributed by atoms with van der Waals surface area (Å²) >= 11 is 1.73. The number of carbonyl (C=O) groups is 2. The van der Waals surface area contributed by atoms with E-state index in [1.165, 1.54) is 4.90 Å². The van der Waals surface area contributed by atoms with Gasteiger partial charge in [-0.15, -0.1) is 11.8 Å². The highest BCUT2D eigenvalue weighted by Gasteiger charge is 2.14. The van der Waals surface area contributed by atoms with Crippen molar-refractivity contribution in [2.45, 2.75) is 11.4 Å². The number of amides is 2. The first-order valence-electron chi connectivity index (χ1n) is 11.3. The van der Waals surface area contributed by atoms with Gasteiger partial charge in [-0.05, 0) is 54.1 Å². The molecule has 0 spiro atoms. The van der Waals surface area contributed by atoms with Gasteiger partial charge in [0.1, 0.15) is 5.75 Å². The van der Waals surface area contributed by atoms with Gasteiger partial charge in [0.25, 0.3) is 11.8 Å². The molecule has 0 saturated carbocycles. The molecular weight excluding hydrogens is 456 g/mol. The molecule has 4 aromatic rings. The van der Waals surface area contributed by atoms with Gasteiger partial charge in [-0.25, -0.2) is 0 Å². The molecule has 0 bridgehead atoms. The summed E-state index contributed by atoms with van der Waals surface area (Å²) in [4.78, 5) is 26.8. The number of thioether (sulfide) groups is 1. The predicted molar refractivity (Wildman–Crippen MR) is 141 cm³/mol. The Balaban J connectivity index is 1.30. The molecule has 0 aliphatic heterocycles. The summed E-state index contributed by atoms with van der Waals surface area (Å²) in [5.41, 5.74) is 2.35. The highest BCUT2D eigenvalue weighted by Crippen LogP contribution is 2.20. The lowest BCUT2D eigenvalue weighted by molar-refractivity contribution is 0.0952. The van der Waals surface area contributed by atoms with E-state index in [0.717, 1.165) is 11.3 Å². The third-order valence-corrected chi connectivity index (χ3v) is 6.17. The summed E-state index contributed by atoms with van der Waals surface area (Å²) in [6, 6.07) is 33.8. The Morgan fingerprint density at radius 2 is 1.37 bits per heavy atom. The first kappa shape index (κ1) is 24.1. The average molecular weight is 483 g/mol. The minimum atomic E-state index is -0.292. The minimum Gasteiger partial charge on any atom is -0.493 e. The van der Waals surface area contributed by atoms with E-state index >= 15 is 0 Å². The van der Waals surface area contributed by atoms with Crippen molar-refractivity contribution < 1.29 is 14.3 Å². The second-order valence-electron chi connectivity index (χ2n) is 7.70. The Kier molecular flexibility index (Phi) is 8.57. The Hall–Kier alpha value is -4.03. The molecule has 2 amide bonds. The number of benzene rings is 4. The van der Waals surface area contributed by atoms with Gasteiger partial charge in [0, 0.05) is 22.8 Å². The normalized spacial score (nSPS) is 10.4. The second-order valence-corrected chi connectivity index (χ2v) is 8.87. The van der Waals surface area contributed by atoms with Crippen LogP contribution in [-0.2, 0) is 6.54 Å². The molecule has 0 radical (unpaired) electrons. The van der Waals surface area contributed by atoms with Crippen LogP contribution in [0, 0.1) is 0 Å². The number of anilines is 1. The topological polar surface area (TPSA) is 67.4 Å². The van der Waals surface area contributed by atoms with Crippen molar-refractivity contribution >= 4 is 29.3 Å². The molecule has 0 atom stereocenters. The van der Waals surface area contributed by atoms with Crippen molar-refractivity contribution in [3.05, 3.63) is 126 Å². The van der Waals surface area contributed by atoms with Crippen LogP contribution >= 0.6 is 11.8 Å². The molecule has 4 rings (SSSR count). The van der Waals surface area contributed by atoms with Crippen LogP contribution in [0.4, 0.5) is 5.69 Å². The van der Waals surface area contributed by atoms with Crippen LogP contribution in [0.5, 0.6) is 5.75 Å². The van der Waals surface area contributed by atoms with E-state index in [1.54, 1.807) is 60.3 Å². The summed E-state index contributed by atoms with van der Waals surface area (Å²) in [6.45, 7) is 0.976. The summed E-state index contributed by atoms with van der Waals surface area (Å²) < 4.78 is 5.79. The number of hydrogen-bond donors (Lipinski definition) is 2. The van der Waals surface area contributed by atoms with E-state index in [1.807, 2.05) is 48.5 Å². The molecule has 0 fully saturated rings. The van der Waals surface area contributed by atoms with E-state index in [-0.39, 0.29) is 11.8 Å². The van der Waals surface area contributed by atoms with E-state index in [9.17, 15) is 9.59 Å². The van der Waals surface area contributed by atoms with Crippen molar-refractivity contribution in [3.63, 3.8) is 0 Å². The largest absolute Gasteiger partial charge is 0.493 e. The fourth-order valence-corrected chi connectivity index (χ4v) is 4.15. The zero-order valence-corrected chi connectivity index (χ0v) is 20.0. The maximum Gasteiger partial charge on any atom is 0.255 e. The second kappa shape index (κ2) is 12.4. The molecule has 0 unspecified atom stereocenters. The number of rotatable bonds is 10. The number of nitrogens with one attached hydrogen (secondary N) is 2. The Labute approximate surface area is 209 Å². The maximum absolute atomic E-state index is 12.8. The molecule has 0 aliphatic carbocycles. The fraction of sp³-hybridized carbons (Fsp3) is 0.103. The van der Waals surface area contributed by atoms with E-state index in [0.29, 0.717) is 35.7 Å². The van der Waals surface area contributed by atoms with E-state index in [4.69, 9.17) is 4.74 Å². The van der Waals surface area contributed by atoms with Crippen LogP contribution in [0.2, 0.25) is 0 Å². The van der Waals surface area contributed by atoms with Gasteiger partial charge < -0.3 is 15.4 Å². The lowest BCUT2D eigenvalue weighted by atomic mass is 10.1. The summed E-state index contributed by atoms with van der Waals surface area (Å²) in [5, 5.41) is 5.75. The zero-order chi connectivity index (χ0) is 24.3. The van der Waals surface area contributed by atoms with Crippen molar-refractivity contribution in [2.75, 3.05) is 17.7 Å². The summed E-state index contributed by atoms with van der Waals surface area (Å²) in [7, 11) is 0. The van der Waals surface area contributed by atoms with Crippen LogP contribution in [0.1, 0.15) is 26.3 Å². The molecule has 4 aromatic carbocycles. The monoisotopic (exact) mass is 482 g/mol. The van der Waals surface area contributed by atoms with Gasteiger partial charge in [-0.2, -0.15) is 0 Å². The Morgan fingerprint density at radius 1 is 0.714 bits per heavy atom. The van der Waals surface area contributed by atoms with Crippen molar-refractivity contribution in [2.24, 2.45) is 0 Å². The fourth-order valence-electron chi connectivity index (χ4n) is 3.40. The molecule has 0 aromatic heterocycles. The maximum atomic E-state index is 12.8. The van der Waals surface area contributed by atoms with Crippen molar-refractivity contribution in [1.82, 2.24) is 5.32 Å². The van der Waals surface area contributed by atoms with Gasteiger partial charge in [0.15, 0.2) is 0 Å². The van der Waals surface area contributed by atoms with Crippen molar-refractivity contribution in [3.8, 4) is 5.75 Å². The molecular formula is C29H26N2O3S. The molecule has 5 nitrogen and oxygen atoms in total. The van der Waals surface area contributed by atoms with Crippen LogP contribution in [-0.4, -0.2) is 24.2 Å².